The van der Waals surface area contributed by atoms with Crippen LogP contribution < -0.4 is 0 Å². The van der Waals surface area contributed by atoms with E-state index in [1.165, 1.54) is 24.0 Å². The predicted molar refractivity (Wildman–Crippen MR) is 132 cm³/mol. The molecule has 4 heteroatoms. The third kappa shape index (κ3) is 3.22. The highest BCUT2D eigenvalue weighted by molar-refractivity contribution is 7.99. The highest BCUT2D eigenvalue weighted by Crippen LogP contribution is 2.70. The maximum absolute atomic E-state index is 12.4. The summed E-state index contributed by atoms with van der Waals surface area (Å²) in [5.74, 6) is 3.23. The van der Waals surface area contributed by atoms with Crippen molar-refractivity contribution in [1.82, 2.24) is 0 Å². The Hall–Kier alpha value is -1.55. The van der Waals surface area contributed by atoms with Crippen molar-refractivity contribution in [2.24, 2.45) is 28.6 Å². The smallest absolute Gasteiger partial charge is 0.306 e. The second-order valence-electron chi connectivity index (χ2n) is 11.8. The first-order valence-corrected chi connectivity index (χ1v) is 14.0. The summed E-state index contributed by atoms with van der Waals surface area (Å²) in [5.41, 5.74) is 2.83. The highest BCUT2D eigenvalue weighted by Gasteiger charge is 2.68. The lowest BCUT2D eigenvalue weighted by molar-refractivity contribution is -0.167. The number of benzene rings is 1. The quantitative estimate of drug-likeness (QED) is 0.479. The van der Waals surface area contributed by atoms with Gasteiger partial charge in [-0.3, -0.25) is 9.59 Å². The van der Waals surface area contributed by atoms with E-state index < -0.39 is 0 Å². The highest BCUT2D eigenvalue weighted by atomic mass is 32.2. The van der Waals surface area contributed by atoms with Crippen LogP contribution in [0, 0.1) is 28.6 Å². The van der Waals surface area contributed by atoms with E-state index >= 15 is 0 Å². The molecule has 0 unspecified atom stereocenters. The fourth-order valence-corrected chi connectivity index (χ4v) is 10.2. The number of fused-ring (bicyclic) bond motifs is 6. The molecular weight excluding hydrogens is 428 g/mol. The first-order chi connectivity index (χ1) is 15.8. The molecule has 0 bridgehead atoms. The summed E-state index contributed by atoms with van der Waals surface area (Å²) in [5, 5.41) is 0.525. The zero-order valence-electron chi connectivity index (χ0n) is 20.0. The van der Waals surface area contributed by atoms with Crippen LogP contribution in [0.25, 0.3) is 0 Å². The molecule has 0 N–H and O–H groups in total. The number of hydrogen-bond acceptors (Lipinski definition) is 4. The zero-order valence-corrected chi connectivity index (χ0v) is 20.8. The van der Waals surface area contributed by atoms with Crippen LogP contribution in [-0.2, 0) is 20.1 Å². The van der Waals surface area contributed by atoms with Crippen molar-refractivity contribution in [3.63, 3.8) is 0 Å². The van der Waals surface area contributed by atoms with Crippen LogP contribution in [0.1, 0.15) is 77.2 Å². The van der Waals surface area contributed by atoms with Crippen LogP contribution >= 0.6 is 11.8 Å². The summed E-state index contributed by atoms with van der Waals surface area (Å²) < 4.78 is 6.17. The lowest BCUT2D eigenvalue weighted by Gasteiger charge is -2.61. The molecular formula is C29H36O3S. The normalized spacial score (nSPS) is 44.1. The van der Waals surface area contributed by atoms with Crippen molar-refractivity contribution >= 4 is 23.5 Å². The molecule has 0 aromatic heterocycles. The minimum absolute atomic E-state index is 0.0145. The summed E-state index contributed by atoms with van der Waals surface area (Å²) in [6.45, 7) is 4.92. The third-order valence-electron chi connectivity index (χ3n) is 10.6. The van der Waals surface area contributed by atoms with E-state index in [9.17, 15) is 9.59 Å². The molecule has 1 aliphatic heterocycles. The van der Waals surface area contributed by atoms with E-state index in [1.807, 2.05) is 6.08 Å². The molecule has 4 fully saturated rings. The van der Waals surface area contributed by atoms with Crippen LogP contribution in [0.4, 0.5) is 0 Å². The summed E-state index contributed by atoms with van der Waals surface area (Å²) in [7, 11) is 0. The molecule has 1 aromatic rings. The molecule has 5 aliphatic rings. The van der Waals surface area contributed by atoms with Crippen LogP contribution in [0.15, 0.2) is 42.0 Å². The lowest BCUT2D eigenvalue weighted by Crippen LogP contribution is -2.57. The second kappa shape index (κ2) is 7.73. The Morgan fingerprint density at radius 1 is 0.970 bits per heavy atom. The number of thioether (sulfide) groups is 1. The number of carbonyl (C=O) groups excluding carboxylic acids is 2. The SMILES string of the molecule is C[C@]12CCC(=O)C=C1C[C@@H](SCc1ccccc1)[C@@H]1[C@@H]2CC[C@@]2(C)[C@H]1CC[C@@]21CCC(=O)O1. The molecule has 1 spiro atoms. The van der Waals surface area contributed by atoms with E-state index in [2.05, 4.69) is 55.9 Å². The first kappa shape index (κ1) is 21.9. The van der Waals surface area contributed by atoms with Gasteiger partial charge in [0.15, 0.2) is 5.78 Å². The van der Waals surface area contributed by atoms with Gasteiger partial charge in [0.25, 0.3) is 0 Å². The summed E-state index contributed by atoms with van der Waals surface area (Å²) >= 11 is 2.11. The Bertz CT molecular complexity index is 1000. The number of rotatable bonds is 3. The van der Waals surface area contributed by atoms with Crippen molar-refractivity contribution in [2.75, 3.05) is 0 Å². The Kier molecular flexibility index (Phi) is 5.14. The topological polar surface area (TPSA) is 43.4 Å². The van der Waals surface area contributed by atoms with E-state index in [0.717, 1.165) is 37.9 Å². The van der Waals surface area contributed by atoms with Crippen molar-refractivity contribution in [1.29, 1.82) is 0 Å². The Balaban J connectivity index is 1.36. The molecule has 4 aliphatic carbocycles. The number of carbonyl (C=O) groups is 2. The average molecular weight is 465 g/mol. The number of allylic oxidation sites excluding steroid dienone is 1. The van der Waals surface area contributed by atoms with Gasteiger partial charge in [0.1, 0.15) is 5.60 Å². The molecule has 3 saturated carbocycles. The van der Waals surface area contributed by atoms with Crippen LogP contribution in [0.5, 0.6) is 0 Å². The van der Waals surface area contributed by atoms with Gasteiger partial charge < -0.3 is 4.74 Å². The molecule has 1 aromatic carbocycles. The summed E-state index contributed by atoms with van der Waals surface area (Å²) in [6, 6.07) is 10.8. The molecule has 176 valence electrons. The fourth-order valence-electron chi connectivity index (χ4n) is 8.74. The standard InChI is InChI=1S/C29H36O3S/c1-27-12-8-21(30)16-20(27)17-24(33-18-19-6-4-3-5-7-19)26-22(27)9-13-28(2)23(26)10-14-29(28)15-11-25(31)32-29/h3-7,16,22-24,26H,8-15,17-18H2,1-2H3/t22-,23-,24+,26+,27-,28-,29+/m0/s1. The van der Waals surface area contributed by atoms with Gasteiger partial charge in [0.2, 0.25) is 0 Å². The number of esters is 1. The molecule has 6 rings (SSSR count). The maximum Gasteiger partial charge on any atom is 0.306 e. The third-order valence-corrected chi connectivity index (χ3v) is 12.0. The molecule has 1 heterocycles. The van der Waals surface area contributed by atoms with Gasteiger partial charge >= 0.3 is 5.97 Å². The first-order valence-electron chi connectivity index (χ1n) is 13.0. The van der Waals surface area contributed by atoms with Gasteiger partial charge in [0, 0.05) is 29.3 Å². The van der Waals surface area contributed by atoms with E-state index in [4.69, 9.17) is 4.74 Å². The second-order valence-corrected chi connectivity index (χ2v) is 13.1. The van der Waals surface area contributed by atoms with Crippen molar-refractivity contribution in [3.05, 3.63) is 47.5 Å². The predicted octanol–water partition coefficient (Wildman–Crippen LogP) is 6.51. The largest absolute Gasteiger partial charge is 0.458 e. The average Bonchev–Trinajstić information content (AvgIpc) is 3.33. The number of hydrogen-bond donors (Lipinski definition) is 0. The Morgan fingerprint density at radius 3 is 2.52 bits per heavy atom. The molecule has 33 heavy (non-hydrogen) atoms. The Labute approximate surface area is 202 Å². The van der Waals surface area contributed by atoms with Crippen LogP contribution in [0.2, 0.25) is 0 Å². The van der Waals surface area contributed by atoms with Crippen LogP contribution in [0.3, 0.4) is 0 Å². The number of ketones is 1. The van der Waals surface area contributed by atoms with Gasteiger partial charge in [-0.05, 0) is 79.8 Å². The summed E-state index contributed by atoms with van der Waals surface area (Å²) in [4.78, 5) is 24.6. The minimum atomic E-state index is -0.228. The van der Waals surface area contributed by atoms with E-state index in [1.54, 1.807) is 0 Å². The van der Waals surface area contributed by atoms with Gasteiger partial charge in [-0.25, -0.2) is 0 Å². The fraction of sp³-hybridized carbons (Fsp3) is 0.655. The van der Waals surface area contributed by atoms with Crippen molar-refractivity contribution < 1.29 is 14.3 Å². The maximum atomic E-state index is 12.4. The van der Waals surface area contributed by atoms with Crippen molar-refractivity contribution in [2.45, 2.75) is 88.2 Å². The van der Waals surface area contributed by atoms with Gasteiger partial charge in [-0.15, -0.1) is 0 Å². The molecule has 0 radical (unpaired) electrons. The molecule has 1 saturated heterocycles. The van der Waals surface area contributed by atoms with E-state index in [0.29, 0.717) is 41.6 Å². The van der Waals surface area contributed by atoms with Crippen LogP contribution in [-0.4, -0.2) is 22.6 Å². The summed E-state index contributed by atoms with van der Waals surface area (Å²) in [6.07, 6.45) is 10.9. The Morgan fingerprint density at radius 2 is 1.76 bits per heavy atom. The minimum Gasteiger partial charge on any atom is -0.458 e. The monoisotopic (exact) mass is 464 g/mol. The molecule has 0 amide bonds. The van der Waals surface area contributed by atoms with E-state index in [-0.39, 0.29) is 22.4 Å². The van der Waals surface area contributed by atoms with Gasteiger partial charge in [-0.1, -0.05) is 49.8 Å². The van der Waals surface area contributed by atoms with Gasteiger partial charge in [-0.2, -0.15) is 11.8 Å². The number of ether oxygens (including phenoxy) is 1. The molecule has 7 atom stereocenters. The lowest BCUT2D eigenvalue weighted by atomic mass is 9.46. The molecule has 3 nitrogen and oxygen atoms in total. The van der Waals surface area contributed by atoms with Crippen molar-refractivity contribution in [3.8, 4) is 0 Å². The van der Waals surface area contributed by atoms with Gasteiger partial charge in [0.05, 0.1) is 0 Å². The zero-order chi connectivity index (χ0) is 22.8.